The molecule has 0 bridgehead atoms. The van der Waals surface area contributed by atoms with Crippen molar-refractivity contribution in [1.29, 1.82) is 0 Å². The van der Waals surface area contributed by atoms with E-state index in [9.17, 15) is 9.59 Å². The highest BCUT2D eigenvalue weighted by Crippen LogP contribution is 2.44. The van der Waals surface area contributed by atoms with Crippen molar-refractivity contribution >= 4 is 11.8 Å². The van der Waals surface area contributed by atoms with E-state index in [0.29, 0.717) is 48.4 Å². The molecule has 7 nitrogen and oxygen atoms in total. The lowest BCUT2D eigenvalue weighted by molar-refractivity contribution is -0.135. The van der Waals surface area contributed by atoms with E-state index in [-0.39, 0.29) is 17.2 Å². The molecule has 2 aromatic rings. The third-order valence-corrected chi connectivity index (χ3v) is 8.02. The van der Waals surface area contributed by atoms with Crippen LogP contribution in [0.3, 0.4) is 0 Å². The molecule has 0 radical (unpaired) electrons. The molecule has 1 aliphatic heterocycles. The van der Waals surface area contributed by atoms with Gasteiger partial charge in [0.1, 0.15) is 5.82 Å². The quantitative estimate of drug-likeness (QED) is 0.485. The maximum absolute atomic E-state index is 13.5. The van der Waals surface area contributed by atoms with Gasteiger partial charge in [0.05, 0.1) is 19.6 Å². The van der Waals surface area contributed by atoms with Gasteiger partial charge in [-0.2, -0.15) is 0 Å². The molecular formula is C30H39N3O4. The van der Waals surface area contributed by atoms with Crippen LogP contribution in [-0.4, -0.2) is 44.0 Å². The summed E-state index contributed by atoms with van der Waals surface area (Å²) < 4.78 is 10.7. The number of carbonyl (C=O) groups excluding carboxylic acids is 2. The third-order valence-electron chi connectivity index (χ3n) is 8.02. The number of carbonyl (C=O) groups is 2. The van der Waals surface area contributed by atoms with Crippen molar-refractivity contribution in [3.8, 4) is 11.5 Å². The van der Waals surface area contributed by atoms with Crippen LogP contribution >= 0.6 is 0 Å². The summed E-state index contributed by atoms with van der Waals surface area (Å²) in [5.74, 6) is 2.18. The maximum Gasteiger partial charge on any atom is 0.257 e. The van der Waals surface area contributed by atoms with Gasteiger partial charge in [0, 0.05) is 25.2 Å². The Bertz CT molecular complexity index is 1120. The van der Waals surface area contributed by atoms with Crippen LogP contribution in [0.25, 0.3) is 0 Å². The molecule has 198 valence electrons. The van der Waals surface area contributed by atoms with Crippen molar-refractivity contribution < 1.29 is 19.1 Å². The second-order valence-corrected chi connectivity index (χ2v) is 10.4. The first-order valence-electron chi connectivity index (χ1n) is 13.2. The minimum absolute atomic E-state index is 0.151. The molecule has 37 heavy (non-hydrogen) atoms. The fourth-order valence-electron chi connectivity index (χ4n) is 5.45. The summed E-state index contributed by atoms with van der Waals surface area (Å²) in [7, 11) is 3.12. The van der Waals surface area contributed by atoms with Crippen LogP contribution < -0.4 is 20.1 Å². The molecule has 1 saturated carbocycles. The normalized spacial score (nSPS) is 16.9. The average molecular weight is 506 g/mol. The number of benzene rings is 2. The van der Waals surface area contributed by atoms with E-state index in [1.807, 2.05) is 37.3 Å². The predicted molar refractivity (Wildman–Crippen MR) is 144 cm³/mol. The predicted octanol–water partition coefficient (Wildman–Crippen LogP) is 4.80. The van der Waals surface area contributed by atoms with E-state index >= 15 is 0 Å². The van der Waals surface area contributed by atoms with Gasteiger partial charge in [-0.1, -0.05) is 56.2 Å². The summed E-state index contributed by atoms with van der Waals surface area (Å²) >= 11 is 0. The summed E-state index contributed by atoms with van der Waals surface area (Å²) in [6, 6.07) is 13.5. The van der Waals surface area contributed by atoms with Crippen LogP contribution in [0.2, 0.25) is 0 Å². The molecule has 0 unspecified atom stereocenters. The number of amides is 2. The summed E-state index contributed by atoms with van der Waals surface area (Å²) in [6.07, 6.45) is 6.11. The Morgan fingerprint density at radius 1 is 1.05 bits per heavy atom. The van der Waals surface area contributed by atoms with Gasteiger partial charge < -0.3 is 25.0 Å². The molecule has 1 heterocycles. The Hall–Kier alpha value is -3.48. The van der Waals surface area contributed by atoms with Gasteiger partial charge in [0.25, 0.3) is 5.91 Å². The minimum atomic E-state index is -0.374. The zero-order valence-electron chi connectivity index (χ0n) is 22.3. The van der Waals surface area contributed by atoms with Crippen LogP contribution in [0.15, 0.2) is 54.9 Å². The van der Waals surface area contributed by atoms with Gasteiger partial charge in [-0.05, 0) is 55.4 Å². The van der Waals surface area contributed by atoms with Gasteiger partial charge in [-0.3, -0.25) is 9.59 Å². The molecule has 1 saturated heterocycles. The lowest BCUT2D eigenvalue weighted by Gasteiger charge is -2.45. The molecule has 4 rings (SSSR count). The first-order chi connectivity index (χ1) is 17.8. The van der Waals surface area contributed by atoms with Gasteiger partial charge in [0.2, 0.25) is 5.91 Å². The number of nitrogens with one attached hydrogen (secondary N) is 2. The molecular weight excluding hydrogens is 466 g/mol. The molecule has 1 aliphatic carbocycles. The lowest BCUT2D eigenvalue weighted by atomic mass is 9.66. The number of hydrogen-bond donors (Lipinski definition) is 2. The zero-order chi connectivity index (χ0) is 26.4. The standard InChI is InChI=1S/C30H39N3O4/c1-21-17-26(36-3)27(37-4)18-25(21)28(34)32-22(2)33-15-13-30(14-16-33,19-23-11-8-12-23)29(35)31-20-24-9-6-5-7-10-24/h5-7,9-10,17-18,23H,2,8,11-16,19-20H2,1,3-4H3,(H,31,35)(H,32,34). The van der Waals surface area contributed by atoms with E-state index in [2.05, 4.69) is 22.1 Å². The second kappa shape index (κ2) is 11.7. The fraction of sp³-hybridized carbons (Fsp3) is 0.467. The Kier molecular flexibility index (Phi) is 8.41. The number of piperidine rings is 1. The SMILES string of the molecule is C=C(NC(=O)c1cc(OC)c(OC)cc1C)N1CCC(CC2CCC2)(C(=O)NCc2ccccc2)CC1. The van der Waals surface area contributed by atoms with Crippen LogP contribution in [0.1, 0.15) is 60.0 Å². The monoisotopic (exact) mass is 505 g/mol. The fourth-order valence-corrected chi connectivity index (χ4v) is 5.45. The van der Waals surface area contributed by atoms with E-state index < -0.39 is 0 Å². The highest BCUT2D eigenvalue weighted by molar-refractivity contribution is 5.97. The lowest BCUT2D eigenvalue weighted by Crippen LogP contribution is -2.51. The molecule has 2 aromatic carbocycles. The van der Waals surface area contributed by atoms with Crippen LogP contribution in [0.4, 0.5) is 0 Å². The largest absolute Gasteiger partial charge is 0.493 e. The Morgan fingerprint density at radius 2 is 1.70 bits per heavy atom. The molecule has 0 spiro atoms. The molecule has 0 aromatic heterocycles. The molecule has 2 N–H and O–H groups in total. The van der Waals surface area contributed by atoms with Crippen molar-refractivity contribution in [3.63, 3.8) is 0 Å². The molecule has 2 amide bonds. The summed E-state index contributed by atoms with van der Waals surface area (Å²) in [5.41, 5.74) is 2.03. The van der Waals surface area contributed by atoms with Crippen molar-refractivity contribution in [2.75, 3.05) is 27.3 Å². The topological polar surface area (TPSA) is 79.9 Å². The van der Waals surface area contributed by atoms with E-state index in [4.69, 9.17) is 9.47 Å². The smallest absolute Gasteiger partial charge is 0.257 e. The number of methoxy groups -OCH3 is 2. The number of ether oxygens (including phenoxy) is 2. The minimum Gasteiger partial charge on any atom is -0.493 e. The number of likely N-dealkylation sites (tertiary alicyclic amines) is 1. The molecule has 0 atom stereocenters. The molecule has 2 fully saturated rings. The number of rotatable bonds is 10. The number of hydrogen-bond acceptors (Lipinski definition) is 5. The van der Waals surface area contributed by atoms with Crippen molar-refractivity contribution in [2.24, 2.45) is 11.3 Å². The zero-order valence-corrected chi connectivity index (χ0v) is 22.3. The Labute approximate surface area is 220 Å². The van der Waals surface area contributed by atoms with Gasteiger partial charge >= 0.3 is 0 Å². The Balaban J connectivity index is 1.39. The van der Waals surface area contributed by atoms with E-state index in [1.54, 1.807) is 26.4 Å². The van der Waals surface area contributed by atoms with Gasteiger partial charge in [-0.15, -0.1) is 0 Å². The van der Waals surface area contributed by atoms with Crippen LogP contribution in [-0.2, 0) is 11.3 Å². The van der Waals surface area contributed by atoms with Crippen molar-refractivity contribution in [3.05, 3.63) is 71.6 Å². The highest BCUT2D eigenvalue weighted by Gasteiger charge is 2.44. The molecule has 7 heteroatoms. The first-order valence-corrected chi connectivity index (χ1v) is 13.2. The summed E-state index contributed by atoms with van der Waals surface area (Å²) in [5, 5.41) is 6.17. The van der Waals surface area contributed by atoms with Crippen LogP contribution in [0, 0.1) is 18.3 Å². The van der Waals surface area contributed by atoms with Gasteiger partial charge in [0.15, 0.2) is 11.5 Å². The maximum atomic E-state index is 13.5. The summed E-state index contributed by atoms with van der Waals surface area (Å²) in [6.45, 7) is 7.91. The van der Waals surface area contributed by atoms with Crippen LogP contribution in [0.5, 0.6) is 11.5 Å². The third kappa shape index (κ3) is 6.09. The number of aryl methyl sites for hydroxylation is 1. The number of nitrogens with zero attached hydrogens (tertiary/aromatic N) is 1. The Morgan fingerprint density at radius 3 is 2.30 bits per heavy atom. The summed E-state index contributed by atoms with van der Waals surface area (Å²) in [4.78, 5) is 28.7. The average Bonchev–Trinajstić information content (AvgIpc) is 2.89. The van der Waals surface area contributed by atoms with E-state index in [1.165, 1.54) is 19.3 Å². The van der Waals surface area contributed by atoms with E-state index in [0.717, 1.165) is 30.4 Å². The molecule has 2 aliphatic rings. The first kappa shape index (κ1) is 26.6. The highest BCUT2D eigenvalue weighted by atomic mass is 16.5. The van der Waals surface area contributed by atoms with Crippen molar-refractivity contribution in [1.82, 2.24) is 15.5 Å². The van der Waals surface area contributed by atoms with Crippen molar-refractivity contribution in [2.45, 2.75) is 52.0 Å². The second-order valence-electron chi connectivity index (χ2n) is 10.4. The van der Waals surface area contributed by atoms with Gasteiger partial charge in [-0.25, -0.2) is 0 Å².